The summed E-state index contributed by atoms with van der Waals surface area (Å²) in [4.78, 5) is 22.1. The van der Waals surface area contributed by atoms with Crippen LogP contribution in [0.5, 0.6) is 5.75 Å². The number of halogens is 2. The van der Waals surface area contributed by atoms with E-state index in [-0.39, 0.29) is 11.7 Å². The molecule has 2 aromatic carbocycles. The van der Waals surface area contributed by atoms with Crippen molar-refractivity contribution in [2.45, 2.75) is 26.0 Å². The van der Waals surface area contributed by atoms with Gasteiger partial charge in [-0.3, -0.25) is 9.69 Å². The Morgan fingerprint density at radius 2 is 1.79 bits per heavy atom. The Labute approximate surface area is 190 Å². The van der Waals surface area contributed by atoms with Gasteiger partial charge in [0.2, 0.25) is 5.95 Å². The molecule has 7 nitrogen and oxygen atoms in total. The minimum Gasteiger partial charge on any atom is -0.481 e. The zero-order valence-electron chi connectivity index (χ0n) is 17.8. The molecular formula is C24H24F2N4O3. The molecule has 0 bridgehead atoms. The third kappa shape index (κ3) is 6.23. The van der Waals surface area contributed by atoms with E-state index in [1.54, 1.807) is 24.5 Å². The van der Waals surface area contributed by atoms with Crippen molar-refractivity contribution in [2.24, 2.45) is 5.92 Å². The van der Waals surface area contributed by atoms with Gasteiger partial charge in [0.25, 0.3) is 0 Å². The minimum absolute atomic E-state index is 0.0964. The molecule has 33 heavy (non-hydrogen) atoms. The second-order valence-electron chi connectivity index (χ2n) is 7.91. The quantitative estimate of drug-likeness (QED) is 0.506. The SMILES string of the molecule is O=C(O)C1CCN(Cc2cccc(Nc3ncc(-c4ccc(OC(F)F)cc4)cn3)c2)CC1. The molecule has 3 aromatic rings. The number of anilines is 2. The first-order valence-corrected chi connectivity index (χ1v) is 10.6. The molecule has 0 radical (unpaired) electrons. The molecule has 4 rings (SSSR count). The Kier molecular flexibility index (Phi) is 7.09. The Bertz CT molecular complexity index is 1070. The van der Waals surface area contributed by atoms with Crippen LogP contribution in [0.15, 0.2) is 60.9 Å². The Morgan fingerprint density at radius 3 is 2.42 bits per heavy atom. The van der Waals surface area contributed by atoms with Crippen LogP contribution in [0.25, 0.3) is 11.1 Å². The first kappa shape index (κ1) is 22.6. The first-order valence-electron chi connectivity index (χ1n) is 10.6. The van der Waals surface area contributed by atoms with Crippen molar-refractivity contribution in [3.05, 3.63) is 66.5 Å². The Morgan fingerprint density at radius 1 is 1.09 bits per heavy atom. The predicted octanol–water partition coefficient (Wildman–Crippen LogP) is 4.79. The summed E-state index contributed by atoms with van der Waals surface area (Å²) in [5.74, 6) is -0.405. The van der Waals surface area contributed by atoms with Crippen LogP contribution in [-0.2, 0) is 11.3 Å². The van der Waals surface area contributed by atoms with Crippen LogP contribution < -0.4 is 10.1 Å². The van der Waals surface area contributed by atoms with Crippen molar-refractivity contribution in [1.82, 2.24) is 14.9 Å². The van der Waals surface area contributed by atoms with Crippen LogP contribution in [0, 0.1) is 5.92 Å². The number of nitrogens with one attached hydrogen (secondary N) is 1. The van der Waals surface area contributed by atoms with E-state index in [0.29, 0.717) is 18.8 Å². The average Bonchev–Trinajstić information content (AvgIpc) is 2.80. The molecular weight excluding hydrogens is 430 g/mol. The number of aromatic nitrogens is 2. The van der Waals surface area contributed by atoms with Gasteiger partial charge in [-0.25, -0.2) is 9.97 Å². The number of carbonyl (C=O) groups is 1. The number of rotatable bonds is 8. The van der Waals surface area contributed by atoms with Crippen molar-refractivity contribution in [3.63, 3.8) is 0 Å². The molecule has 0 atom stereocenters. The lowest BCUT2D eigenvalue weighted by Crippen LogP contribution is -2.35. The van der Waals surface area contributed by atoms with Crippen LogP contribution in [0.2, 0.25) is 0 Å². The summed E-state index contributed by atoms with van der Waals surface area (Å²) in [6.07, 6.45) is 4.67. The van der Waals surface area contributed by atoms with Crippen molar-refractivity contribution in [1.29, 1.82) is 0 Å². The van der Waals surface area contributed by atoms with Crippen LogP contribution in [-0.4, -0.2) is 45.6 Å². The molecule has 1 aromatic heterocycles. The van der Waals surface area contributed by atoms with E-state index in [4.69, 9.17) is 5.11 Å². The van der Waals surface area contributed by atoms with Gasteiger partial charge in [-0.1, -0.05) is 24.3 Å². The number of ether oxygens (including phenoxy) is 1. The summed E-state index contributed by atoms with van der Waals surface area (Å²) >= 11 is 0. The molecule has 2 heterocycles. The maximum atomic E-state index is 12.3. The number of hydrogen-bond donors (Lipinski definition) is 2. The van der Waals surface area contributed by atoms with Gasteiger partial charge < -0.3 is 15.2 Å². The lowest BCUT2D eigenvalue weighted by atomic mass is 9.97. The number of likely N-dealkylation sites (tertiary alicyclic amines) is 1. The van der Waals surface area contributed by atoms with E-state index in [1.807, 2.05) is 24.3 Å². The normalized spacial score (nSPS) is 14.9. The number of hydrogen-bond acceptors (Lipinski definition) is 6. The predicted molar refractivity (Wildman–Crippen MR) is 119 cm³/mol. The number of carboxylic acid groups (broad SMARTS) is 1. The third-order valence-corrected chi connectivity index (χ3v) is 5.59. The van der Waals surface area contributed by atoms with Crippen LogP contribution in [0.1, 0.15) is 18.4 Å². The van der Waals surface area contributed by atoms with Crippen molar-refractivity contribution < 1.29 is 23.4 Å². The van der Waals surface area contributed by atoms with Gasteiger partial charge in [0, 0.05) is 30.2 Å². The fourth-order valence-corrected chi connectivity index (χ4v) is 3.84. The number of aliphatic carboxylic acids is 1. The van der Waals surface area contributed by atoms with Crippen molar-refractivity contribution >= 4 is 17.6 Å². The highest BCUT2D eigenvalue weighted by molar-refractivity contribution is 5.70. The lowest BCUT2D eigenvalue weighted by Gasteiger charge is -2.30. The fraction of sp³-hybridized carbons (Fsp3) is 0.292. The highest BCUT2D eigenvalue weighted by Crippen LogP contribution is 2.24. The summed E-state index contributed by atoms with van der Waals surface area (Å²) in [6.45, 7) is -0.553. The summed E-state index contributed by atoms with van der Waals surface area (Å²) < 4.78 is 28.9. The van der Waals surface area contributed by atoms with Crippen LogP contribution in [0.3, 0.4) is 0 Å². The standard InChI is InChI=1S/C24H24F2N4O3/c25-23(26)33-21-6-4-17(5-7-21)19-13-27-24(28-14-19)29-20-3-1-2-16(12-20)15-30-10-8-18(9-11-30)22(31)32/h1-7,12-14,18,23H,8-11,15H2,(H,31,32)(H,27,28,29). The molecule has 9 heteroatoms. The van der Waals surface area contributed by atoms with E-state index in [0.717, 1.165) is 42.0 Å². The highest BCUT2D eigenvalue weighted by atomic mass is 19.3. The van der Waals surface area contributed by atoms with Gasteiger partial charge in [-0.2, -0.15) is 8.78 Å². The molecule has 0 amide bonds. The number of piperidine rings is 1. The molecule has 1 fully saturated rings. The molecule has 0 saturated carbocycles. The van der Waals surface area contributed by atoms with Crippen molar-refractivity contribution in [2.75, 3.05) is 18.4 Å². The molecule has 1 aliphatic heterocycles. The smallest absolute Gasteiger partial charge is 0.387 e. The van der Waals surface area contributed by atoms with E-state index in [9.17, 15) is 13.6 Å². The summed E-state index contributed by atoms with van der Waals surface area (Å²) in [5.41, 5.74) is 3.52. The van der Waals surface area contributed by atoms with Gasteiger partial charge >= 0.3 is 12.6 Å². The first-order chi connectivity index (χ1) is 16.0. The lowest BCUT2D eigenvalue weighted by molar-refractivity contribution is -0.143. The summed E-state index contributed by atoms with van der Waals surface area (Å²) in [6, 6.07) is 14.3. The van der Waals surface area contributed by atoms with Crippen LogP contribution in [0.4, 0.5) is 20.4 Å². The third-order valence-electron chi connectivity index (χ3n) is 5.59. The van der Waals surface area contributed by atoms with Gasteiger partial charge in [0.05, 0.1) is 5.92 Å². The second-order valence-corrected chi connectivity index (χ2v) is 7.91. The monoisotopic (exact) mass is 454 g/mol. The van der Waals surface area contributed by atoms with Crippen molar-refractivity contribution in [3.8, 4) is 16.9 Å². The maximum Gasteiger partial charge on any atom is 0.387 e. The number of benzene rings is 2. The summed E-state index contributed by atoms with van der Waals surface area (Å²) in [5, 5.41) is 12.3. The number of nitrogens with zero attached hydrogens (tertiary/aromatic N) is 3. The highest BCUT2D eigenvalue weighted by Gasteiger charge is 2.24. The zero-order valence-corrected chi connectivity index (χ0v) is 17.8. The molecule has 0 aliphatic carbocycles. The van der Waals surface area contributed by atoms with Crippen LogP contribution >= 0.6 is 0 Å². The number of alkyl halides is 2. The van der Waals surface area contributed by atoms with E-state index in [1.165, 1.54) is 12.1 Å². The largest absolute Gasteiger partial charge is 0.481 e. The van der Waals surface area contributed by atoms with Gasteiger partial charge in [0.1, 0.15) is 5.75 Å². The average molecular weight is 454 g/mol. The van der Waals surface area contributed by atoms with Gasteiger partial charge in [-0.15, -0.1) is 0 Å². The second kappa shape index (κ2) is 10.4. The molecule has 0 unspecified atom stereocenters. The minimum atomic E-state index is -2.85. The molecule has 0 spiro atoms. The Balaban J connectivity index is 1.35. The molecule has 2 N–H and O–H groups in total. The Hall–Kier alpha value is -3.59. The molecule has 1 saturated heterocycles. The topological polar surface area (TPSA) is 87.6 Å². The van der Waals surface area contributed by atoms with E-state index < -0.39 is 12.6 Å². The zero-order chi connectivity index (χ0) is 23.2. The summed E-state index contributed by atoms with van der Waals surface area (Å²) in [7, 11) is 0. The molecule has 1 aliphatic rings. The van der Waals surface area contributed by atoms with Gasteiger partial charge in [-0.05, 0) is 61.3 Å². The van der Waals surface area contributed by atoms with E-state index in [2.05, 4.69) is 24.9 Å². The van der Waals surface area contributed by atoms with Gasteiger partial charge in [0.15, 0.2) is 0 Å². The molecule has 172 valence electrons. The maximum absolute atomic E-state index is 12.3. The van der Waals surface area contributed by atoms with E-state index >= 15 is 0 Å². The fourth-order valence-electron chi connectivity index (χ4n) is 3.84. The number of carboxylic acids is 1.